The summed E-state index contributed by atoms with van der Waals surface area (Å²) in [5.41, 5.74) is 9.58. The Labute approximate surface area is 250 Å². The highest BCUT2D eigenvalue weighted by atomic mass is 35.5. The summed E-state index contributed by atoms with van der Waals surface area (Å²) in [7, 11) is 0. The second-order valence-electron chi connectivity index (χ2n) is 9.80. The van der Waals surface area contributed by atoms with Crippen LogP contribution in [0.5, 0.6) is 0 Å². The van der Waals surface area contributed by atoms with Crippen molar-refractivity contribution in [1.82, 2.24) is 9.88 Å². The Kier molecular flexibility index (Phi) is 13.1. The number of pyridine rings is 1. The van der Waals surface area contributed by atoms with Gasteiger partial charge in [0.1, 0.15) is 0 Å². The maximum Gasteiger partial charge on any atom is 0.269 e. The smallest absolute Gasteiger partial charge is 0.269 e. The van der Waals surface area contributed by atoms with Gasteiger partial charge in [-0.1, -0.05) is 42.8 Å². The number of rotatable bonds is 14. The largest absolute Gasteiger partial charge is 0.384 e. The summed E-state index contributed by atoms with van der Waals surface area (Å²) in [5, 5.41) is 26.3. The molecule has 0 atom stereocenters. The minimum absolute atomic E-state index is 0.0993. The first kappa shape index (κ1) is 32.4. The van der Waals surface area contributed by atoms with E-state index in [4.69, 9.17) is 17.3 Å². The molecule has 4 aromatic rings. The number of nitrogens with one attached hydrogen (secondary N) is 1. The van der Waals surface area contributed by atoms with E-state index in [1.54, 1.807) is 24.3 Å². The molecule has 0 fully saturated rings. The average molecular weight is 593 g/mol. The molecular formula is C31H37ClN6O4. The lowest BCUT2D eigenvalue weighted by Crippen LogP contribution is -2.28. The summed E-state index contributed by atoms with van der Waals surface area (Å²) < 4.78 is 0. The second kappa shape index (κ2) is 17.0. The molecular weight excluding hydrogens is 556 g/mol. The number of nitro benzene ring substituents is 2. The fourth-order valence-corrected chi connectivity index (χ4v) is 4.66. The van der Waals surface area contributed by atoms with Crippen molar-refractivity contribution in [2.75, 3.05) is 31.5 Å². The summed E-state index contributed by atoms with van der Waals surface area (Å²) in [4.78, 5) is 27.0. The predicted molar refractivity (Wildman–Crippen MR) is 169 cm³/mol. The first-order valence-corrected chi connectivity index (χ1v) is 14.4. The number of non-ortho nitro benzene ring substituents is 2. The fourth-order valence-electron chi connectivity index (χ4n) is 4.50. The summed E-state index contributed by atoms with van der Waals surface area (Å²) in [5.74, 6) is 0. The van der Waals surface area contributed by atoms with Crippen molar-refractivity contribution in [2.45, 2.75) is 39.2 Å². The van der Waals surface area contributed by atoms with Gasteiger partial charge >= 0.3 is 0 Å². The van der Waals surface area contributed by atoms with Crippen LogP contribution < -0.4 is 11.1 Å². The van der Waals surface area contributed by atoms with Gasteiger partial charge in [-0.05, 0) is 80.7 Å². The summed E-state index contributed by atoms with van der Waals surface area (Å²) in [6.45, 7) is 6.66. The lowest BCUT2D eigenvalue weighted by Gasteiger charge is -2.22. The van der Waals surface area contributed by atoms with Gasteiger partial charge in [0.2, 0.25) is 0 Å². The molecule has 0 aliphatic carbocycles. The molecule has 42 heavy (non-hydrogen) atoms. The Morgan fingerprint density at radius 2 is 1.48 bits per heavy atom. The number of fused-ring (bicyclic) bond motifs is 1. The van der Waals surface area contributed by atoms with Gasteiger partial charge < -0.3 is 16.0 Å². The van der Waals surface area contributed by atoms with Crippen molar-refractivity contribution in [3.8, 4) is 0 Å². The lowest BCUT2D eigenvalue weighted by molar-refractivity contribution is -0.385. The van der Waals surface area contributed by atoms with Crippen LogP contribution in [0.3, 0.4) is 0 Å². The molecule has 0 saturated heterocycles. The minimum atomic E-state index is -0.430. The molecule has 11 heteroatoms. The number of nitrogens with two attached hydrogens (primary N) is 1. The van der Waals surface area contributed by atoms with Gasteiger partial charge in [0.25, 0.3) is 11.4 Å². The maximum atomic E-state index is 10.8. The minimum Gasteiger partial charge on any atom is -0.384 e. The highest BCUT2D eigenvalue weighted by Gasteiger charge is 2.07. The number of halogens is 1. The molecule has 10 nitrogen and oxygen atoms in total. The number of hydrogen-bond acceptors (Lipinski definition) is 8. The van der Waals surface area contributed by atoms with E-state index in [0.717, 1.165) is 79.6 Å². The van der Waals surface area contributed by atoms with E-state index < -0.39 is 4.92 Å². The van der Waals surface area contributed by atoms with Gasteiger partial charge in [-0.25, -0.2) is 0 Å². The Balaban J connectivity index is 0.000000369. The van der Waals surface area contributed by atoms with Crippen molar-refractivity contribution < 1.29 is 9.85 Å². The van der Waals surface area contributed by atoms with Gasteiger partial charge in [-0.2, -0.15) is 0 Å². The van der Waals surface area contributed by atoms with Crippen molar-refractivity contribution >= 4 is 39.6 Å². The zero-order valence-corrected chi connectivity index (χ0v) is 24.5. The van der Waals surface area contributed by atoms with Gasteiger partial charge in [-0.3, -0.25) is 25.2 Å². The van der Waals surface area contributed by atoms with Gasteiger partial charge in [-0.15, -0.1) is 0 Å². The molecule has 3 aromatic carbocycles. The van der Waals surface area contributed by atoms with Crippen LogP contribution in [-0.4, -0.2) is 45.9 Å². The molecule has 0 aliphatic rings. The highest BCUT2D eigenvalue weighted by molar-refractivity contribution is 6.31. The van der Waals surface area contributed by atoms with Gasteiger partial charge in [0, 0.05) is 59.6 Å². The predicted octanol–water partition coefficient (Wildman–Crippen LogP) is 7.00. The number of hydrogen-bond donors (Lipinski definition) is 2. The molecule has 0 saturated carbocycles. The molecule has 4 rings (SSSR count). The van der Waals surface area contributed by atoms with Crippen molar-refractivity contribution in [3.05, 3.63) is 115 Å². The zero-order chi connectivity index (χ0) is 30.3. The van der Waals surface area contributed by atoms with Crippen LogP contribution in [0.1, 0.15) is 37.3 Å². The van der Waals surface area contributed by atoms with Crippen LogP contribution in [0.15, 0.2) is 79.0 Å². The molecule has 1 aromatic heterocycles. The number of benzene rings is 3. The van der Waals surface area contributed by atoms with E-state index in [9.17, 15) is 20.2 Å². The number of nitrogens with zero attached hydrogens (tertiary/aromatic N) is 4. The van der Waals surface area contributed by atoms with E-state index in [-0.39, 0.29) is 16.3 Å². The molecule has 0 aliphatic heterocycles. The van der Waals surface area contributed by atoms with E-state index in [1.807, 2.05) is 42.6 Å². The third-order valence-electron chi connectivity index (χ3n) is 6.68. The summed E-state index contributed by atoms with van der Waals surface area (Å²) >= 11 is 6.07. The van der Waals surface area contributed by atoms with Crippen LogP contribution in [0, 0.1) is 20.2 Å². The fraction of sp³-hybridized carbons (Fsp3) is 0.323. The first-order valence-electron chi connectivity index (χ1n) is 14.0. The lowest BCUT2D eigenvalue weighted by atomic mass is 10.1. The molecule has 1 heterocycles. The van der Waals surface area contributed by atoms with Crippen LogP contribution in [0.4, 0.5) is 17.1 Å². The number of nitro groups is 2. The molecule has 0 amide bonds. The van der Waals surface area contributed by atoms with E-state index in [0.29, 0.717) is 11.6 Å². The van der Waals surface area contributed by atoms with Crippen molar-refractivity contribution in [2.24, 2.45) is 5.73 Å². The standard InChI is InChI=1S/C24H29ClN4O2.C7H8N2O2/c1-2-15-28(16-3-5-19-6-9-21(10-7-19)29(30)31)17-4-13-26-23-12-14-27-24-18-20(25)8-11-22(23)24;8-5-6-1-3-7(4-2-6)9(10)11/h6-12,14,18H,2-5,13,15-17H2,1H3,(H,26,27);1-4H,5,8H2. The monoisotopic (exact) mass is 592 g/mol. The zero-order valence-electron chi connectivity index (χ0n) is 23.7. The Morgan fingerprint density at radius 3 is 2.07 bits per heavy atom. The van der Waals surface area contributed by atoms with Crippen LogP contribution in [-0.2, 0) is 13.0 Å². The Bertz CT molecular complexity index is 1430. The second-order valence-corrected chi connectivity index (χ2v) is 10.2. The van der Waals surface area contributed by atoms with Gasteiger partial charge in [0.15, 0.2) is 0 Å². The number of aryl methyl sites for hydroxylation is 1. The van der Waals surface area contributed by atoms with E-state index in [2.05, 4.69) is 22.1 Å². The summed E-state index contributed by atoms with van der Waals surface area (Å²) in [6, 6.07) is 20.9. The number of aromatic nitrogens is 1. The highest BCUT2D eigenvalue weighted by Crippen LogP contribution is 2.24. The average Bonchev–Trinajstić information content (AvgIpc) is 2.99. The quantitative estimate of drug-likeness (QED) is 0.0906. The van der Waals surface area contributed by atoms with E-state index >= 15 is 0 Å². The molecule has 222 valence electrons. The SMILES string of the molecule is CCCN(CCCNc1ccnc2cc(Cl)ccc12)CCCc1ccc([N+](=O)[O-])cc1.NCc1ccc([N+](=O)[O-])cc1. The van der Waals surface area contributed by atoms with Crippen LogP contribution >= 0.6 is 11.6 Å². The molecule has 0 radical (unpaired) electrons. The molecule has 0 unspecified atom stereocenters. The summed E-state index contributed by atoms with van der Waals surface area (Å²) in [6.07, 6.45) is 5.96. The first-order chi connectivity index (χ1) is 20.3. The Morgan fingerprint density at radius 1 is 0.857 bits per heavy atom. The van der Waals surface area contributed by atoms with Crippen LogP contribution in [0.2, 0.25) is 5.02 Å². The number of anilines is 1. The van der Waals surface area contributed by atoms with Crippen LogP contribution in [0.25, 0.3) is 10.9 Å². The van der Waals surface area contributed by atoms with Crippen molar-refractivity contribution in [3.63, 3.8) is 0 Å². The third kappa shape index (κ3) is 10.4. The third-order valence-corrected chi connectivity index (χ3v) is 6.92. The molecule has 0 bridgehead atoms. The normalized spacial score (nSPS) is 10.8. The van der Waals surface area contributed by atoms with E-state index in [1.165, 1.54) is 12.1 Å². The molecule has 0 spiro atoms. The van der Waals surface area contributed by atoms with Crippen molar-refractivity contribution in [1.29, 1.82) is 0 Å². The maximum absolute atomic E-state index is 10.8. The molecule has 3 N–H and O–H groups in total. The van der Waals surface area contributed by atoms with Gasteiger partial charge in [0.05, 0.1) is 15.4 Å². The Hall–Kier alpha value is -4.12. The topological polar surface area (TPSA) is 140 Å².